The van der Waals surface area contributed by atoms with Crippen LogP contribution in [0.5, 0.6) is 0 Å². The lowest BCUT2D eigenvalue weighted by Crippen LogP contribution is -2.44. The third-order valence-corrected chi connectivity index (χ3v) is 5.44. The van der Waals surface area contributed by atoms with Gasteiger partial charge in [-0.15, -0.1) is 0 Å². The summed E-state index contributed by atoms with van der Waals surface area (Å²) in [6.07, 6.45) is 5.60. The number of nitrogens with zero attached hydrogens (tertiary/aromatic N) is 4. The molecule has 1 N–H and O–H groups in total. The first-order valence-electron chi connectivity index (χ1n) is 9.56. The lowest BCUT2D eigenvalue weighted by molar-refractivity contribution is -0.123. The van der Waals surface area contributed by atoms with Crippen LogP contribution in [0.25, 0.3) is 10.8 Å². The Hall–Kier alpha value is -3.22. The van der Waals surface area contributed by atoms with Crippen molar-refractivity contribution in [1.82, 2.24) is 25.0 Å². The van der Waals surface area contributed by atoms with Crippen LogP contribution < -0.4 is 5.32 Å². The van der Waals surface area contributed by atoms with Gasteiger partial charge in [-0.2, -0.15) is 5.10 Å². The van der Waals surface area contributed by atoms with E-state index in [4.69, 9.17) is 0 Å². The Morgan fingerprint density at radius 1 is 1.18 bits per heavy atom. The van der Waals surface area contributed by atoms with E-state index in [1.54, 1.807) is 15.8 Å². The zero-order chi connectivity index (χ0) is 19.3. The van der Waals surface area contributed by atoms with Gasteiger partial charge in [-0.3, -0.25) is 19.3 Å². The number of amides is 2. The summed E-state index contributed by atoms with van der Waals surface area (Å²) in [5.74, 6) is -0.661. The SMILES string of the molecule is Cn1cc2c(n1)C(C(=O)NC1CC1)CN(C(=O)c1nccc3ccccc13)C2. The fraction of sp³-hybridized carbons (Fsp3) is 0.333. The molecule has 0 radical (unpaired) electrons. The molecular formula is C21H21N5O2. The summed E-state index contributed by atoms with van der Waals surface area (Å²) in [5.41, 5.74) is 2.11. The number of carbonyl (C=O) groups is 2. The van der Waals surface area contributed by atoms with E-state index in [2.05, 4.69) is 15.4 Å². The molecule has 7 heteroatoms. The predicted octanol–water partition coefficient (Wildman–Crippen LogP) is 1.99. The fourth-order valence-electron chi connectivity index (χ4n) is 3.88. The molecular weight excluding hydrogens is 354 g/mol. The van der Waals surface area contributed by atoms with Crippen molar-refractivity contribution in [3.63, 3.8) is 0 Å². The number of hydrogen-bond donors (Lipinski definition) is 1. The van der Waals surface area contributed by atoms with Crippen molar-refractivity contribution in [3.8, 4) is 0 Å². The molecule has 1 aromatic carbocycles. The first-order valence-corrected chi connectivity index (χ1v) is 9.56. The molecule has 28 heavy (non-hydrogen) atoms. The highest BCUT2D eigenvalue weighted by Crippen LogP contribution is 2.30. The van der Waals surface area contributed by atoms with Gasteiger partial charge in [0.1, 0.15) is 5.69 Å². The molecule has 2 aromatic heterocycles. The van der Waals surface area contributed by atoms with Crippen molar-refractivity contribution < 1.29 is 9.59 Å². The Kier molecular flexibility index (Phi) is 3.89. The second-order valence-electron chi connectivity index (χ2n) is 7.62. The molecule has 5 rings (SSSR count). The van der Waals surface area contributed by atoms with E-state index < -0.39 is 5.92 Å². The van der Waals surface area contributed by atoms with Crippen molar-refractivity contribution in [2.75, 3.05) is 6.54 Å². The molecule has 1 fully saturated rings. The summed E-state index contributed by atoms with van der Waals surface area (Å²) in [5, 5.41) is 9.36. The largest absolute Gasteiger partial charge is 0.353 e. The number of pyridine rings is 1. The summed E-state index contributed by atoms with van der Waals surface area (Å²) in [4.78, 5) is 32.2. The highest BCUT2D eigenvalue weighted by atomic mass is 16.2. The van der Waals surface area contributed by atoms with Gasteiger partial charge >= 0.3 is 0 Å². The quantitative estimate of drug-likeness (QED) is 0.759. The summed E-state index contributed by atoms with van der Waals surface area (Å²) >= 11 is 0. The van der Waals surface area contributed by atoms with Gasteiger partial charge in [0.15, 0.2) is 0 Å². The summed E-state index contributed by atoms with van der Waals surface area (Å²) < 4.78 is 1.71. The van der Waals surface area contributed by atoms with Gasteiger partial charge in [-0.05, 0) is 24.3 Å². The van der Waals surface area contributed by atoms with Crippen LogP contribution in [0.15, 0.2) is 42.7 Å². The fourth-order valence-corrected chi connectivity index (χ4v) is 3.88. The molecule has 2 amide bonds. The maximum atomic E-state index is 13.3. The molecule has 7 nitrogen and oxygen atoms in total. The Morgan fingerprint density at radius 3 is 2.82 bits per heavy atom. The van der Waals surface area contributed by atoms with E-state index in [0.717, 1.165) is 34.9 Å². The maximum absolute atomic E-state index is 13.3. The number of rotatable bonds is 3. The van der Waals surface area contributed by atoms with Crippen LogP contribution in [0.3, 0.4) is 0 Å². The highest BCUT2D eigenvalue weighted by molar-refractivity contribution is 6.05. The molecule has 3 heterocycles. The highest BCUT2D eigenvalue weighted by Gasteiger charge is 2.37. The zero-order valence-electron chi connectivity index (χ0n) is 15.6. The average Bonchev–Trinajstić information content (AvgIpc) is 3.43. The summed E-state index contributed by atoms with van der Waals surface area (Å²) in [7, 11) is 1.84. The molecule has 1 saturated carbocycles. The lowest BCUT2D eigenvalue weighted by atomic mass is 9.95. The van der Waals surface area contributed by atoms with Crippen LogP contribution in [-0.2, 0) is 18.4 Å². The lowest BCUT2D eigenvalue weighted by Gasteiger charge is -2.31. The third kappa shape index (κ3) is 2.93. The van der Waals surface area contributed by atoms with Crippen LogP contribution in [0.2, 0.25) is 0 Å². The number of aromatic nitrogens is 3. The van der Waals surface area contributed by atoms with Gasteiger partial charge in [0, 0.05) is 49.5 Å². The molecule has 1 atom stereocenters. The smallest absolute Gasteiger partial charge is 0.273 e. The van der Waals surface area contributed by atoms with Crippen LogP contribution >= 0.6 is 0 Å². The molecule has 0 saturated heterocycles. The van der Waals surface area contributed by atoms with Gasteiger partial charge in [-0.25, -0.2) is 0 Å². The monoisotopic (exact) mass is 375 g/mol. The van der Waals surface area contributed by atoms with Gasteiger partial charge in [0.2, 0.25) is 5.91 Å². The minimum atomic E-state index is -0.454. The van der Waals surface area contributed by atoms with Crippen molar-refractivity contribution in [2.45, 2.75) is 31.3 Å². The van der Waals surface area contributed by atoms with Crippen molar-refractivity contribution in [1.29, 1.82) is 0 Å². The molecule has 0 spiro atoms. The Bertz CT molecular complexity index is 1080. The zero-order valence-corrected chi connectivity index (χ0v) is 15.6. The minimum Gasteiger partial charge on any atom is -0.353 e. The van der Waals surface area contributed by atoms with Gasteiger partial charge in [0.25, 0.3) is 5.91 Å². The Labute approximate surface area is 162 Å². The standard InChI is InChI=1S/C21H21N5O2/c1-25-10-14-11-26(12-17(18(14)24-25)20(27)23-15-6-7-15)21(28)19-16-5-3-2-4-13(16)8-9-22-19/h2-5,8-10,15,17H,6-7,11-12H2,1H3,(H,23,27). The maximum Gasteiger partial charge on any atom is 0.273 e. The number of nitrogens with one attached hydrogen (secondary N) is 1. The second-order valence-corrected chi connectivity index (χ2v) is 7.62. The molecule has 0 bridgehead atoms. The van der Waals surface area contributed by atoms with Crippen molar-refractivity contribution >= 4 is 22.6 Å². The number of hydrogen-bond acceptors (Lipinski definition) is 4. The first-order chi connectivity index (χ1) is 13.6. The van der Waals surface area contributed by atoms with E-state index in [0.29, 0.717) is 18.8 Å². The van der Waals surface area contributed by atoms with Gasteiger partial charge < -0.3 is 10.2 Å². The number of fused-ring (bicyclic) bond motifs is 2. The second kappa shape index (κ2) is 6.44. The normalized spacial score (nSPS) is 18.8. The topological polar surface area (TPSA) is 80.1 Å². The minimum absolute atomic E-state index is 0.0502. The molecule has 1 aliphatic heterocycles. The Morgan fingerprint density at radius 2 is 2.00 bits per heavy atom. The summed E-state index contributed by atoms with van der Waals surface area (Å²) in [6.45, 7) is 0.742. The molecule has 2 aliphatic rings. The van der Waals surface area contributed by atoms with E-state index in [1.165, 1.54) is 0 Å². The number of carbonyl (C=O) groups excluding carboxylic acids is 2. The van der Waals surface area contributed by atoms with E-state index in [9.17, 15) is 9.59 Å². The number of benzene rings is 1. The van der Waals surface area contributed by atoms with Gasteiger partial charge in [0.05, 0.1) is 11.6 Å². The predicted molar refractivity (Wildman–Crippen MR) is 104 cm³/mol. The van der Waals surface area contributed by atoms with Crippen LogP contribution in [0.4, 0.5) is 0 Å². The summed E-state index contributed by atoms with van der Waals surface area (Å²) in [6, 6.07) is 9.89. The van der Waals surface area contributed by atoms with Crippen LogP contribution in [0, 0.1) is 0 Å². The van der Waals surface area contributed by atoms with E-state index in [-0.39, 0.29) is 17.9 Å². The van der Waals surface area contributed by atoms with E-state index >= 15 is 0 Å². The van der Waals surface area contributed by atoms with Crippen molar-refractivity contribution in [3.05, 3.63) is 59.7 Å². The van der Waals surface area contributed by atoms with Crippen LogP contribution in [-0.4, -0.2) is 44.1 Å². The molecule has 1 aliphatic carbocycles. The molecule has 1 unspecified atom stereocenters. The third-order valence-electron chi connectivity index (χ3n) is 5.44. The average molecular weight is 375 g/mol. The van der Waals surface area contributed by atoms with Crippen molar-refractivity contribution in [2.24, 2.45) is 7.05 Å². The number of aryl methyl sites for hydroxylation is 1. The van der Waals surface area contributed by atoms with E-state index in [1.807, 2.05) is 43.6 Å². The van der Waals surface area contributed by atoms with Gasteiger partial charge in [-0.1, -0.05) is 24.3 Å². The Balaban J connectivity index is 1.49. The van der Waals surface area contributed by atoms with Crippen LogP contribution in [0.1, 0.15) is 40.5 Å². The first kappa shape index (κ1) is 16.9. The molecule has 3 aromatic rings. The molecule has 142 valence electrons.